The minimum Gasteiger partial charge on any atom is -0.316 e. The molecular formula is C29H21F4NO. The van der Waals surface area contributed by atoms with Crippen LogP contribution in [0.2, 0.25) is 0 Å². The molecule has 0 aliphatic rings. The van der Waals surface area contributed by atoms with Crippen LogP contribution in [-0.4, -0.2) is 5.21 Å². The fourth-order valence-electron chi connectivity index (χ4n) is 3.95. The number of halogens is 4. The van der Waals surface area contributed by atoms with Gasteiger partial charge in [-0.25, -0.2) is 4.39 Å². The third-order valence-electron chi connectivity index (χ3n) is 5.72. The number of hydroxylamine groups is 1. The van der Waals surface area contributed by atoms with Gasteiger partial charge in [0.25, 0.3) is 0 Å². The topological polar surface area (TPSA) is 32.3 Å². The van der Waals surface area contributed by atoms with Gasteiger partial charge in [0, 0.05) is 17.5 Å². The Labute approximate surface area is 200 Å². The monoisotopic (exact) mass is 475 g/mol. The summed E-state index contributed by atoms with van der Waals surface area (Å²) in [5.74, 6) is 5.04. The average molecular weight is 475 g/mol. The summed E-state index contributed by atoms with van der Waals surface area (Å²) in [6.07, 6.45) is -4.68. The van der Waals surface area contributed by atoms with Gasteiger partial charge in [-0.05, 0) is 59.2 Å². The average Bonchev–Trinajstić information content (AvgIpc) is 2.87. The summed E-state index contributed by atoms with van der Waals surface area (Å²) in [7, 11) is 0. The van der Waals surface area contributed by atoms with Crippen molar-refractivity contribution in [3.8, 4) is 11.8 Å². The van der Waals surface area contributed by atoms with E-state index >= 15 is 0 Å². The van der Waals surface area contributed by atoms with E-state index in [-0.39, 0.29) is 12.0 Å². The molecule has 0 amide bonds. The Morgan fingerprint density at radius 2 is 1.20 bits per heavy atom. The van der Waals surface area contributed by atoms with Crippen molar-refractivity contribution >= 4 is 0 Å². The maximum absolute atomic E-state index is 14.4. The smallest absolute Gasteiger partial charge is 0.316 e. The van der Waals surface area contributed by atoms with Crippen molar-refractivity contribution in [2.75, 3.05) is 0 Å². The van der Waals surface area contributed by atoms with E-state index in [1.807, 2.05) is 36.4 Å². The maximum atomic E-state index is 14.4. The van der Waals surface area contributed by atoms with Crippen LogP contribution in [0.25, 0.3) is 0 Å². The van der Waals surface area contributed by atoms with Gasteiger partial charge in [-0.2, -0.15) is 18.7 Å². The molecule has 0 saturated carbocycles. The summed E-state index contributed by atoms with van der Waals surface area (Å²) in [5, 5.41) is 10.4. The highest BCUT2D eigenvalue weighted by Crippen LogP contribution is 2.38. The van der Waals surface area contributed by atoms with Crippen molar-refractivity contribution in [1.29, 1.82) is 0 Å². The molecule has 0 aliphatic carbocycles. The SMILES string of the molecule is ONC(Cc1ccccc1)(c1ccc(C#Cc2ccccc2)cc1)c1cc(F)cc(C(F)(F)F)c1. The van der Waals surface area contributed by atoms with E-state index < -0.39 is 23.1 Å². The Kier molecular flexibility index (Phi) is 7.02. The maximum Gasteiger partial charge on any atom is 0.416 e. The molecule has 4 aromatic rings. The van der Waals surface area contributed by atoms with E-state index in [1.165, 1.54) is 0 Å². The molecule has 35 heavy (non-hydrogen) atoms. The van der Waals surface area contributed by atoms with Gasteiger partial charge in [-0.3, -0.25) is 0 Å². The Morgan fingerprint density at radius 3 is 1.77 bits per heavy atom. The van der Waals surface area contributed by atoms with Gasteiger partial charge in [0.05, 0.1) is 11.1 Å². The summed E-state index contributed by atoms with van der Waals surface area (Å²) in [5.41, 5.74) is 2.18. The van der Waals surface area contributed by atoms with Crippen molar-refractivity contribution < 1.29 is 22.8 Å². The highest BCUT2D eigenvalue weighted by Gasteiger charge is 2.38. The van der Waals surface area contributed by atoms with Crippen LogP contribution >= 0.6 is 0 Å². The fraction of sp³-hybridized carbons (Fsp3) is 0.103. The first-order chi connectivity index (χ1) is 16.8. The molecular weight excluding hydrogens is 454 g/mol. The number of hydrogen-bond donors (Lipinski definition) is 2. The predicted molar refractivity (Wildman–Crippen MR) is 126 cm³/mol. The highest BCUT2D eigenvalue weighted by molar-refractivity contribution is 5.47. The first-order valence-electron chi connectivity index (χ1n) is 10.8. The molecule has 0 spiro atoms. The molecule has 0 aromatic heterocycles. The normalized spacial score (nSPS) is 12.9. The molecule has 0 aliphatic heterocycles. The number of rotatable bonds is 5. The second-order valence-corrected chi connectivity index (χ2v) is 8.10. The Balaban J connectivity index is 1.81. The van der Waals surface area contributed by atoms with Crippen molar-refractivity contribution in [1.82, 2.24) is 5.48 Å². The lowest BCUT2D eigenvalue weighted by Gasteiger charge is -2.34. The Hall–Kier alpha value is -3.92. The Bertz CT molecular complexity index is 1340. The zero-order valence-corrected chi connectivity index (χ0v) is 18.5. The molecule has 2 nitrogen and oxygen atoms in total. The van der Waals surface area contributed by atoms with Crippen LogP contribution in [0, 0.1) is 17.7 Å². The summed E-state index contributed by atoms with van der Waals surface area (Å²) in [6, 6.07) is 27.4. The molecule has 2 N–H and O–H groups in total. The third kappa shape index (κ3) is 5.60. The van der Waals surface area contributed by atoms with E-state index in [0.29, 0.717) is 17.2 Å². The molecule has 4 rings (SSSR count). The number of hydrogen-bond acceptors (Lipinski definition) is 2. The van der Waals surface area contributed by atoms with Crippen molar-refractivity contribution in [2.24, 2.45) is 0 Å². The van der Waals surface area contributed by atoms with Gasteiger partial charge in [0.1, 0.15) is 5.82 Å². The first-order valence-corrected chi connectivity index (χ1v) is 10.8. The second kappa shape index (κ2) is 10.1. The van der Waals surface area contributed by atoms with Crippen LogP contribution in [0.4, 0.5) is 17.6 Å². The molecule has 1 unspecified atom stereocenters. The largest absolute Gasteiger partial charge is 0.416 e. The van der Waals surface area contributed by atoms with Gasteiger partial charge in [-0.15, -0.1) is 0 Å². The number of benzene rings is 4. The first kappa shape index (κ1) is 24.2. The van der Waals surface area contributed by atoms with Crippen LogP contribution in [0.3, 0.4) is 0 Å². The third-order valence-corrected chi connectivity index (χ3v) is 5.72. The van der Waals surface area contributed by atoms with Crippen LogP contribution in [0.1, 0.15) is 33.4 Å². The van der Waals surface area contributed by atoms with E-state index in [2.05, 4.69) is 17.3 Å². The highest BCUT2D eigenvalue weighted by atomic mass is 19.4. The summed E-state index contributed by atoms with van der Waals surface area (Å²) in [6.45, 7) is 0. The van der Waals surface area contributed by atoms with Crippen molar-refractivity contribution in [2.45, 2.75) is 18.1 Å². The van der Waals surface area contributed by atoms with Crippen LogP contribution < -0.4 is 5.48 Å². The van der Waals surface area contributed by atoms with Crippen molar-refractivity contribution in [3.63, 3.8) is 0 Å². The minimum atomic E-state index is -4.75. The lowest BCUT2D eigenvalue weighted by atomic mass is 9.78. The second-order valence-electron chi connectivity index (χ2n) is 8.10. The Morgan fingerprint density at radius 1 is 0.657 bits per heavy atom. The van der Waals surface area contributed by atoms with E-state index in [9.17, 15) is 22.8 Å². The predicted octanol–water partition coefficient (Wildman–Crippen LogP) is 6.71. The molecule has 6 heteroatoms. The van der Waals surface area contributed by atoms with Gasteiger partial charge in [-0.1, -0.05) is 72.5 Å². The molecule has 0 heterocycles. The van der Waals surface area contributed by atoms with Gasteiger partial charge in [0.2, 0.25) is 0 Å². The van der Waals surface area contributed by atoms with Gasteiger partial charge in [0.15, 0.2) is 0 Å². The summed E-state index contributed by atoms with van der Waals surface area (Å²) in [4.78, 5) is 0. The van der Waals surface area contributed by atoms with E-state index in [1.54, 1.807) is 48.5 Å². The summed E-state index contributed by atoms with van der Waals surface area (Å²) >= 11 is 0. The molecule has 0 saturated heterocycles. The lowest BCUT2D eigenvalue weighted by Crippen LogP contribution is -2.44. The van der Waals surface area contributed by atoms with Gasteiger partial charge < -0.3 is 5.21 Å². The molecule has 176 valence electrons. The summed E-state index contributed by atoms with van der Waals surface area (Å²) < 4.78 is 54.8. The van der Waals surface area contributed by atoms with Crippen LogP contribution in [-0.2, 0) is 18.1 Å². The van der Waals surface area contributed by atoms with Crippen LogP contribution in [0.5, 0.6) is 0 Å². The quantitative estimate of drug-likeness (QED) is 0.191. The number of nitrogens with one attached hydrogen (secondary N) is 1. The van der Waals surface area contributed by atoms with Crippen molar-refractivity contribution in [3.05, 3.63) is 142 Å². The molecule has 0 radical (unpaired) electrons. The van der Waals surface area contributed by atoms with Gasteiger partial charge >= 0.3 is 6.18 Å². The molecule has 4 aromatic carbocycles. The minimum absolute atomic E-state index is 0.0562. The van der Waals surface area contributed by atoms with E-state index in [0.717, 1.165) is 23.3 Å². The fourth-order valence-corrected chi connectivity index (χ4v) is 3.95. The zero-order valence-electron chi connectivity index (χ0n) is 18.5. The van der Waals surface area contributed by atoms with Crippen LogP contribution in [0.15, 0.2) is 103 Å². The molecule has 0 bridgehead atoms. The number of alkyl halides is 3. The van der Waals surface area contributed by atoms with E-state index in [4.69, 9.17) is 0 Å². The molecule has 1 atom stereocenters. The standard InChI is InChI=1S/C29H21F4NO/c30-27-18-25(17-26(19-27)29(31,32)33)28(34-35,20-23-9-5-2-6-10-23)24-15-13-22(14-16-24)12-11-21-7-3-1-4-8-21/h1-10,13-19,34-35H,20H2. The zero-order chi connectivity index (χ0) is 24.9. The lowest BCUT2D eigenvalue weighted by molar-refractivity contribution is -0.137. The molecule has 0 fully saturated rings.